The molecular weight excluding hydrogens is 282 g/mol. The Morgan fingerprint density at radius 2 is 1.95 bits per heavy atom. The zero-order valence-electron chi connectivity index (χ0n) is 12.6. The monoisotopic (exact) mass is 301 g/mol. The zero-order chi connectivity index (χ0) is 15.4. The third-order valence-corrected chi connectivity index (χ3v) is 3.76. The molecule has 1 amide bonds. The van der Waals surface area contributed by atoms with E-state index >= 15 is 0 Å². The lowest BCUT2D eigenvalue weighted by Gasteiger charge is -2.17. The van der Waals surface area contributed by atoms with E-state index in [4.69, 9.17) is 11.6 Å². The molecule has 1 N–H and O–H groups in total. The molecule has 0 aromatic heterocycles. The number of rotatable bonds is 4. The third kappa shape index (κ3) is 4.33. The van der Waals surface area contributed by atoms with E-state index in [1.165, 1.54) is 11.1 Å². The van der Waals surface area contributed by atoms with Crippen molar-refractivity contribution in [3.63, 3.8) is 0 Å². The van der Waals surface area contributed by atoms with E-state index in [9.17, 15) is 4.79 Å². The lowest BCUT2D eigenvalue weighted by molar-refractivity contribution is -0.121. The van der Waals surface area contributed by atoms with Gasteiger partial charge in [-0.3, -0.25) is 4.79 Å². The van der Waals surface area contributed by atoms with E-state index in [0.29, 0.717) is 11.4 Å². The number of halogens is 1. The van der Waals surface area contributed by atoms with Crippen LogP contribution in [0.2, 0.25) is 5.02 Å². The highest BCUT2D eigenvalue weighted by Crippen LogP contribution is 2.19. The molecule has 0 unspecified atom stereocenters. The second kappa shape index (κ2) is 6.77. The number of benzene rings is 2. The highest BCUT2D eigenvalue weighted by molar-refractivity contribution is 6.30. The maximum Gasteiger partial charge on any atom is 0.224 e. The van der Waals surface area contributed by atoms with Crippen LogP contribution in [0.5, 0.6) is 0 Å². The summed E-state index contributed by atoms with van der Waals surface area (Å²) in [5.41, 5.74) is 4.51. The minimum Gasteiger partial charge on any atom is -0.349 e. The summed E-state index contributed by atoms with van der Waals surface area (Å²) in [6.45, 7) is 6.15. The average molecular weight is 302 g/mol. The van der Waals surface area contributed by atoms with E-state index in [1.807, 2.05) is 25.1 Å². The summed E-state index contributed by atoms with van der Waals surface area (Å²) in [4.78, 5) is 12.1. The number of aryl methyl sites for hydroxylation is 2. The summed E-state index contributed by atoms with van der Waals surface area (Å²) >= 11 is 5.93. The van der Waals surface area contributed by atoms with E-state index in [0.717, 1.165) is 11.1 Å². The van der Waals surface area contributed by atoms with Crippen LogP contribution in [0.3, 0.4) is 0 Å². The molecule has 0 saturated heterocycles. The highest BCUT2D eigenvalue weighted by Gasteiger charge is 2.12. The van der Waals surface area contributed by atoms with E-state index < -0.39 is 0 Å². The minimum atomic E-state index is -0.00251. The van der Waals surface area contributed by atoms with Crippen molar-refractivity contribution < 1.29 is 4.79 Å². The number of amides is 1. The minimum absolute atomic E-state index is 0.00251. The lowest BCUT2D eigenvalue weighted by atomic mass is 10.00. The Bertz CT molecular complexity index is 651. The van der Waals surface area contributed by atoms with Crippen LogP contribution in [0.15, 0.2) is 42.5 Å². The molecular formula is C18H20ClNO. The molecule has 0 fully saturated rings. The molecule has 2 rings (SSSR count). The Hall–Kier alpha value is -1.80. The Morgan fingerprint density at radius 3 is 2.62 bits per heavy atom. The maximum absolute atomic E-state index is 12.1. The van der Waals surface area contributed by atoms with Gasteiger partial charge in [0.05, 0.1) is 12.5 Å². The van der Waals surface area contributed by atoms with Gasteiger partial charge in [0.15, 0.2) is 0 Å². The molecule has 0 aliphatic heterocycles. The fourth-order valence-corrected chi connectivity index (χ4v) is 2.73. The van der Waals surface area contributed by atoms with Gasteiger partial charge in [-0.2, -0.15) is 0 Å². The van der Waals surface area contributed by atoms with Gasteiger partial charge < -0.3 is 5.32 Å². The van der Waals surface area contributed by atoms with Gasteiger partial charge in [-0.25, -0.2) is 0 Å². The Kier molecular flexibility index (Phi) is 5.03. The second-order valence-corrected chi connectivity index (χ2v) is 5.89. The molecule has 0 aliphatic carbocycles. The summed E-state index contributed by atoms with van der Waals surface area (Å²) in [6, 6.07) is 13.7. The first-order valence-corrected chi connectivity index (χ1v) is 7.44. The Labute approximate surface area is 131 Å². The number of carbonyl (C=O) groups excluding carboxylic acids is 1. The van der Waals surface area contributed by atoms with Gasteiger partial charge in [0.25, 0.3) is 0 Å². The van der Waals surface area contributed by atoms with Crippen molar-refractivity contribution in [3.8, 4) is 0 Å². The van der Waals surface area contributed by atoms with Crippen LogP contribution in [0.25, 0.3) is 0 Å². The van der Waals surface area contributed by atoms with Crippen LogP contribution in [-0.4, -0.2) is 5.91 Å². The third-order valence-electron chi connectivity index (χ3n) is 3.52. The molecule has 2 aromatic rings. The predicted octanol–water partition coefficient (Wildman–Crippen LogP) is 4.38. The molecule has 21 heavy (non-hydrogen) atoms. The normalized spacial score (nSPS) is 12.0. The van der Waals surface area contributed by atoms with Crippen LogP contribution in [0.4, 0.5) is 0 Å². The molecule has 0 heterocycles. The first-order chi connectivity index (χ1) is 9.95. The standard InChI is InChI=1S/C18H20ClNO/c1-12-7-8-17(13(2)9-12)14(3)20-18(21)11-15-5-4-6-16(19)10-15/h4-10,14H,11H2,1-3H3,(H,20,21)/t14-/m0/s1. The van der Waals surface area contributed by atoms with Crippen molar-refractivity contribution in [2.24, 2.45) is 0 Å². The van der Waals surface area contributed by atoms with Crippen molar-refractivity contribution in [2.75, 3.05) is 0 Å². The zero-order valence-corrected chi connectivity index (χ0v) is 13.4. The second-order valence-electron chi connectivity index (χ2n) is 5.46. The highest BCUT2D eigenvalue weighted by atomic mass is 35.5. The van der Waals surface area contributed by atoms with Gasteiger partial charge in [0, 0.05) is 5.02 Å². The fraction of sp³-hybridized carbons (Fsp3) is 0.278. The molecule has 0 bridgehead atoms. The molecule has 3 heteroatoms. The topological polar surface area (TPSA) is 29.1 Å². The van der Waals surface area contributed by atoms with Gasteiger partial charge in [-0.1, -0.05) is 47.5 Å². The number of carbonyl (C=O) groups is 1. The van der Waals surface area contributed by atoms with Crippen molar-refractivity contribution in [2.45, 2.75) is 33.2 Å². The number of hydrogen-bond donors (Lipinski definition) is 1. The predicted molar refractivity (Wildman–Crippen MR) is 87.6 cm³/mol. The number of hydrogen-bond acceptors (Lipinski definition) is 1. The van der Waals surface area contributed by atoms with Crippen LogP contribution >= 0.6 is 11.6 Å². The van der Waals surface area contributed by atoms with Gasteiger partial charge in [-0.15, -0.1) is 0 Å². The largest absolute Gasteiger partial charge is 0.349 e. The van der Waals surface area contributed by atoms with Crippen molar-refractivity contribution >= 4 is 17.5 Å². The van der Waals surface area contributed by atoms with Crippen LogP contribution in [-0.2, 0) is 11.2 Å². The summed E-state index contributed by atoms with van der Waals surface area (Å²) in [5, 5.41) is 3.70. The Morgan fingerprint density at radius 1 is 1.19 bits per heavy atom. The maximum atomic E-state index is 12.1. The average Bonchev–Trinajstić information content (AvgIpc) is 2.38. The number of nitrogens with one attached hydrogen (secondary N) is 1. The van der Waals surface area contributed by atoms with Gasteiger partial charge in [0.1, 0.15) is 0 Å². The summed E-state index contributed by atoms with van der Waals surface area (Å²) < 4.78 is 0. The van der Waals surface area contributed by atoms with Crippen molar-refractivity contribution in [3.05, 3.63) is 69.7 Å². The quantitative estimate of drug-likeness (QED) is 0.892. The summed E-state index contributed by atoms with van der Waals surface area (Å²) in [6.07, 6.45) is 0.343. The molecule has 2 aromatic carbocycles. The molecule has 110 valence electrons. The Balaban J connectivity index is 2.02. The van der Waals surface area contributed by atoms with Crippen LogP contribution in [0, 0.1) is 13.8 Å². The van der Waals surface area contributed by atoms with Crippen LogP contribution < -0.4 is 5.32 Å². The SMILES string of the molecule is Cc1ccc([C@H](C)NC(=O)Cc2cccc(Cl)c2)c(C)c1. The van der Waals surface area contributed by atoms with Crippen molar-refractivity contribution in [1.29, 1.82) is 0 Å². The van der Waals surface area contributed by atoms with E-state index in [2.05, 4.69) is 37.4 Å². The van der Waals surface area contributed by atoms with E-state index in [-0.39, 0.29) is 11.9 Å². The smallest absolute Gasteiger partial charge is 0.224 e. The first kappa shape index (κ1) is 15.6. The van der Waals surface area contributed by atoms with E-state index in [1.54, 1.807) is 6.07 Å². The summed E-state index contributed by atoms with van der Waals surface area (Å²) in [5.74, 6) is 0.00439. The van der Waals surface area contributed by atoms with Crippen molar-refractivity contribution in [1.82, 2.24) is 5.32 Å². The lowest BCUT2D eigenvalue weighted by Crippen LogP contribution is -2.28. The molecule has 2 nitrogen and oxygen atoms in total. The molecule has 0 aliphatic rings. The molecule has 0 spiro atoms. The van der Waals surface area contributed by atoms with Gasteiger partial charge in [-0.05, 0) is 49.6 Å². The molecule has 1 atom stereocenters. The molecule has 0 radical (unpaired) electrons. The van der Waals surface area contributed by atoms with Gasteiger partial charge >= 0.3 is 0 Å². The van der Waals surface area contributed by atoms with Gasteiger partial charge in [0.2, 0.25) is 5.91 Å². The fourth-order valence-electron chi connectivity index (χ4n) is 2.51. The molecule has 0 saturated carbocycles. The van der Waals surface area contributed by atoms with Crippen LogP contribution in [0.1, 0.15) is 35.2 Å². The summed E-state index contributed by atoms with van der Waals surface area (Å²) in [7, 11) is 0. The first-order valence-electron chi connectivity index (χ1n) is 7.06.